The van der Waals surface area contributed by atoms with Crippen LogP contribution >= 0.6 is 22.9 Å². The summed E-state index contributed by atoms with van der Waals surface area (Å²) < 4.78 is 1.10. The second kappa shape index (κ2) is 4.99. The molecule has 94 valence electrons. The Labute approximate surface area is 119 Å². The van der Waals surface area contributed by atoms with Crippen LogP contribution in [0.15, 0.2) is 53.5 Å². The Morgan fingerprint density at radius 3 is 2.58 bits per heavy atom. The number of thiazole rings is 1. The van der Waals surface area contributed by atoms with Gasteiger partial charge in [-0.1, -0.05) is 35.1 Å². The number of rotatable bonds is 2. The van der Waals surface area contributed by atoms with Gasteiger partial charge in [0.05, 0.1) is 10.2 Å². The molecule has 0 aliphatic heterocycles. The van der Waals surface area contributed by atoms with Gasteiger partial charge in [-0.25, -0.2) is 9.98 Å². The predicted octanol–water partition coefficient (Wildman–Crippen LogP) is 3.99. The van der Waals surface area contributed by atoms with Gasteiger partial charge in [-0.2, -0.15) is 0 Å². The number of hydrogen-bond acceptors (Lipinski definition) is 3. The number of benzene rings is 2. The summed E-state index contributed by atoms with van der Waals surface area (Å²) in [5.74, 6) is 0.440. The topological polar surface area (TPSA) is 51.3 Å². The highest BCUT2D eigenvalue weighted by molar-refractivity contribution is 7.22. The standard InChI is InChI=1S/C14H10ClN3S/c15-10-7-5-9(6-8-10)13(16)18-14-17-11-3-1-2-4-12(11)19-14/h1-8H,(H2,16,17,18). The molecule has 0 radical (unpaired) electrons. The van der Waals surface area contributed by atoms with Gasteiger partial charge in [0.1, 0.15) is 5.84 Å². The average Bonchev–Trinajstić information content (AvgIpc) is 2.81. The second-order valence-electron chi connectivity index (χ2n) is 3.97. The number of nitrogens with two attached hydrogens (primary N) is 1. The van der Waals surface area contributed by atoms with Crippen LogP contribution < -0.4 is 5.73 Å². The van der Waals surface area contributed by atoms with Crippen molar-refractivity contribution in [3.8, 4) is 0 Å². The third kappa shape index (κ3) is 2.59. The summed E-state index contributed by atoms with van der Waals surface area (Å²) in [7, 11) is 0. The van der Waals surface area contributed by atoms with E-state index in [4.69, 9.17) is 17.3 Å². The zero-order chi connectivity index (χ0) is 13.2. The van der Waals surface area contributed by atoms with Gasteiger partial charge in [0, 0.05) is 10.6 Å². The van der Waals surface area contributed by atoms with Crippen LogP contribution in [0, 0.1) is 0 Å². The highest BCUT2D eigenvalue weighted by Gasteiger charge is 2.04. The number of amidine groups is 1. The van der Waals surface area contributed by atoms with E-state index in [0.29, 0.717) is 16.0 Å². The smallest absolute Gasteiger partial charge is 0.212 e. The Hall–Kier alpha value is -1.91. The molecule has 0 spiro atoms. The van der Waals surface area contributed by atoms with Gasteiger partial charge < -0.3 is 5.73 Å². The van der Waals surface area contributed by atoms with Crippen LogP contribution in [-0.4, -0.2) is 10.8 Å². The fourth-order valence-corrected chi connectivity index (χ4v) is 2.67. The zero-order valence-corrected chi connectivity index (χ0v) is 11.4. The molecular formula is C14H10ClN3S. The molecule has 2 N–H and O–H groups in total. The van der Waals surface area contributed by atoms with Crippen LogP contribution in [0.25, 0.3) is 10.2 Å². The van der Waals surface area contributed by atoms with Crippen molar-refractivity contribution >= 4 is 44.1 Å². The van der Waals surface area contributed by atoms with Gasteiger partial charge in [0.25, 0.3) is 0 Å². The number of nitrogens with zero attached hydrogens (tertiary/aromatic N) is 2. The number of aromatic nitrogens is 1. The van der Waals surface area contributed by atoms with Gasteiger partial charge in [-0.15, -0.1) is 0 Å². The van der Waals surface area contributed by atoms with E-state index in [2.05, 4.69) is 9.98 Å². The minimum atomic E-state index is 0.440. The van der Waals surface area contributed by atoms with Gasteiger partial charge in [-0.05, 0) is 36.4 Å². The second-order valence-corrected chi connectivity index (χ2v) is 5.41. The maximum absolute atomic E-state index is 5.97. The molecule has 1 aromatic heterocycles. The minimum absolute atomic E-state index is 0.440. The largest absolute Gasteiger partial charge is 0.383 e. The summed E-state index contributed by atoms with van der Waals surface area (Å²) in [6.07, 6.45) is 0. The van der Waals surface area contributed by atoms with Gasteiger partial charge in [-0.3, -0.25) is 0 Å². The van der Waals surface area contributed by atoms with Crippen molar-refractivity contribution in [3.63, 3.8) is 0 Å². The first-order valence-corrected chi connectivity index (χ1v) is 6.87. The fourth-order valence-electron chi connectivity index (χ4n) is 1.70. The number of para-hydroxylation sites is 1. The lowest BCUT2D eigenvalue weighted by molar-refractivity contribution is 1.38. The van der Waals surface area contributed by atoms with Gasteiger partial charge >= 0.3 is 0 Å². The molecule has 0 saturated heterocycles. The lowest BCUT2D eigenvalue weighted by Crippen LogP contribution is -2.12. The summed E-state index contributed by atoms with van der Waals surface area (Å²) >= 11 is 7.36. The van der Waals surface area contributed by atoms with Crippen LogP contribution in [-0.2, 0) is 0 Å². The third-order valence-corrected chi connectivity index (χ3v) is 3.82. The van der Waals surface area contributed by atoms with Crippen molar-refractivity contribution in [2.45, 2.75) is 0 Å². The Balaban J connectivity index is 1.97. The predicted molar refractivity (Wildman–Crippen MR) is 81.5 cm³/mol. The lowest BCUT2D eigenvalue weighted by Gasteiger charge is -1.99. The van der Waals surface area contributed by atoms with E-state index < -0.39 is 0 Å². The normalized spacial score (nSPS) is 11.9. The number of fused-ring (bicyclic) bond motifs is 1. The molecule has 5 heteroatoms. The van der Waals surface area contributed by atoms with Crippen LogP contribution in [0.1, 0.15) is 5.56 Å². The lowest BCUT2D eigenvalue weighted by atomic mass is 10.2. The van der Waals surface area contributed by atoms with E-state index in [9.17, 15) is 0 Å². The molecule has 0 bridgehead atoms. The molecule has 0 unspecified atom stereocenters. The quantitative estimate of drug-likeness (QED) is 0.572. The van der Waals surface area contributed by atoms with Gasteiger partial charge in [0.15, 0.2) is 0 Å². The molecule has 3 aromatic rings. The SMILES string of the molecule is N/C(=N\c1nc2ccccc2s1)c1ccc(Cl)cc1. The summed E-state index contributed by atoms with van der Waals surface area (Å²) in [6.45, 7) is 0. The molecule has 0 fully saturated rings. The fraction of sp³-hybridized carbons (Fsp3) is 0. The maximum Gasteiger partial charge on any atom is 0.212 e. The molecule has 0 amide bonds. The Kier molecular flexibility index (Phi) is 3.19. The van der Waals surface area contributed by atoms with E-state index in [1.165, 1.54) is 11.3 Å². The van der Waals surface area contributed by atoms with Crippen molar-refractivity contribution in [2.75, 3.05) is 0 Å². The van der Waals surface area contributed by atoms with E-state index in [-0.39, 0.29) is 0 Å². The molecule has 1 heterocycles. The first kappa shape index (κ1) is 12.1. The molecule has 2 aromatic carbocycles. The summed E-state index contributed by atoms with van der Waals surface area (Å²) in [4.78, 5) is 8.78. The Morgan fingerprint density at radius 2 is 1.84 bits per heavy atom. The van der Waals surface area contributed by atoms with Crippen LogP contribution in [0.3, 0.4) is 0 Å². The van der Waals surface area contributed by atoms with E-state index in [1.54, 1.807) is 12.1 Å². The Morgan fingerprint density at radius 1 is 1.11 bits per heavy atom. The molecule has 0 atom stereocenters. The van der Waals surface area contributed by atoms with Crippen molar-refractivity contribution in [3.05, 3.63) is 59.1 Å². The summed E-state index contributed by atoms with van der Waals surface area (Å²) in [6, 6.07) is 15.2. The van der Waals surface area contributed by atoms with Crippen LogP contribution in [0.5, 0.6) is 0 Å². The van der Waals surface area contributed by atoms with E-state index in [1.807, 2.05) is 36.4 Å². The molecule has 0 aliphatic carbocycles. The van der Waals surface area contributed by atoms with E-state index in [0.717, 1.165) is 15.8 Å². The van der Waals surface area contributed by atoms with Crippen molar-refractivity contribution in [1.29, 1.82) is 0 Å². The monoisotopic (exact) mass is 287 g/mol. The summed E-state index contributed by atoms with van der Waals surface area (Å²) in [5.41, 5.74) is 7.75. The van der Waals surface area contributed by atoms with E-state index >= 15 is 0 Å². The highest BCUT2D eigenvalue weighted by atomic mass is 35.5. The summed E-state index contributed by atoms with van der Waals surface area (Å²) in [5, 5.41) is 1.34. The average molecular weight is 288 g/mol. The molecule has 3 nitrogen and oxygen atoms in total. The number of hydrogen-bond donors (Lipinski definition) is 1. The first-order chi connectivity index (χ1) is 9.22. The highest BCUT2D eigenvalue weighted by Crippen LogP contribution is 2.27. The molecule has 3 rings (SSSR count). The van der Waals surface area contributed by atoms with Crippen molar-refractivity contribution in [2.24, 2.45) is 10.7 Å². The first-order valence-electron chi connectivity index (χ1n) is 5.68. The third-order valence-electron chi connectivity index (χ3n) is 2.64. The van der Waals surface area contributed by atoms with Gasteiger partial charge in [0.2, 0.25) is 5.13 Å². The number of aliphatic imine (C=N–C) groups is 1. The molecule has 0 aliphatic rings. The number of halogens is 1. The van der Waals surface area contributed by atoms with Crippen molar-refractivity contribution in [1.82, 2.24) is 4.98 Å². The maximum atomic E-state index is 5.97. The van der Waals surface area contributed by atoms with Crippen LogP contribution in [0.2, 0.25) is 5.02 Å². The molecule has 19 heavy (non-hydrogen) atoms. The molecular weight excluding hydrogens is 278 g/mol. The molecule has 0 saturated carbocycles. The Bertz CT molecular complexity index is 714. The van der Waals surface area contributed by atoms with Crippen molar-refractivity contribution < 1.29 is 0 Å². The van der Waals surface area contributed by atoms with Crippen LogP contribution in [0.4, 0.5) is 5.13 Å². The minimum Gasteiger partial charge on any atom is -0.383 e. The zero-order valence-electron chi connectivity index (χ0n) is 9.88.